The number of hydrogen-bond donors (Lipinski definition) is 0. The van der Waals surface area contributed by atoms with Crippen LogP contribution in [0.5, 0.6) is 0 Å². The minimum absolute atomic E-state index is 0.244. The maximum absolute atomic E-state index is 13.4. The van der Waals surface area contributed by atoms with Crippen LogP contribution < -0.4 is 0 Å². The number of hydrogen-bond acceptors (Lipinski definition) is 3. The lowest BCUT2D eigenvalue weighted by Crippen LogP contribution is -2.46. The Morgan fingerprint density at radius 1 is 0.828 bits per heavy atom. The van der Waals surface area contributed by atoms with Gasteiger partial charge in [-0.2, -0.15) is 4.31 Å². The molecule has 0 fully saturated rings. The Kier molecular flexibility index (Phi) is 5.62. The van der Waals surface area contributed by atoms with Gasteiger partial charge in [0.25, 0.3) is 0 Å². The topological polar surface area (TPSA) is 46.6 Å². The summed E-state index contributed by atoms with van der Waals surface area (Å²) < 4.78 is 34.3. The summed E-state index contributed by atoms with van der Waals surface area (Å²) in [5.74, 6) is 0. The second-order valence-electron chi connectivity index (χ2n) is 7.07. The Bertz CT molecular complexity index is 1100. The molecular weight excluding hydrogens is 382 g/mol. The number of fused-ring (bicyclic) bond motifs is 1. The maximum Gasteiger partial charge on any atom is 0.244 e. The standard InChI is InChI=1S/C24H23NO3S/c1-19-22-14-8-9-15-24(22)29(26,27)25(16-20-10-4-2-5-11-20)23(19)18-28-17-21-12-6-3-7-13-21/h2-15,23H,1,16-18H2/t23-/m0/s1. The average molecular weight is 406 g/mol. The maximum atomic E-state index is 13.4. The first-order chi connectivity index (χ1) is 14.1. The number of benzene rings is 3. The van der Waals surface area contributed by atoms with Gasteiger partial charge in [0, 0.05) is 6.54 Å². The Labute approximate surface area is 172 Å². The molecule has 0 saturated carbocycles. The quantitative estimate of drug-likeness (QED) is 0.607. The minimum atomic E-state index is -3.67. The van der Waals surface area contributed by atoms with Gasteiger partial charge in [0.2, 0.25) is 10.0 Å². The van der Waals surface area contributed by atoms with Crippen LogP contribution in [0.3, 0.4) is 0 Å². The van der Waals surface area contributed by atoms with Gasteiger partial charge in [0.15, 0.2) is 0 Å². The van der Waals surface area contributed by atoms with E-state index in [0.717, 1.165) is 16.7 Å². The van der Waals surface area contributed by atoms with E-state index in [2.05, 4.69) is 6.58 Å². The van der Waals surface area contributed by atoms with Crippen molar-refractivity contribution in [2.24, 2.45) is 0 Å². The summed E-state index contributed by atoms with van der Waals surface area (Å²) in [7, 11) is -3.67. The van der Waals surface area contributed by atoms with E-state index in [-0.39, 0.29) is 13.2 Å². The highest BCUT2D eigenvalue weighted by atomic mass is 32.2. The summed E-state index contributed by atoms with van der Waals surface area (Å²) in [4.78, 5) is 0.306. The molecule has 1 aliphatic heterocycles. The second kappa shape index (κ2) is 8.33. The Balaban J connectivity index is 1.64. The molecule has 1 heterocycles. The van der Waals surface area contributed by atoms with E-state index in [1.54, 1.807) is 12.1 Å². The van der Waals surface area contributed by atoms with E-state index in [1.165, 1.54) is 4.31 Å². The molecule has 0 unspecified atom stereocenters. The third-order valence-corrected chi connectivity index (χ3v) is 7.05. The van der Waals surface area contributed by atoms with E-state index in [9.17, 15) is 8.42 Å². The molecule has 3 aromatic carbocycles. The van der Waals surface area contributed by atoms with Gasteiger partial charge in [0.05, 0.1) is 24.2 Å². The second-order valence-corrected chi connectivity index (χ2v) is 8.93. The van der Waals surface area contributed by atoms with Crippen molar-refractivity contribution in [3.8, 4) is 0 Å². The molecular formula is C24H23NO3S. The summed E-state index contributed by atoms with van der Waals surface area (Å²) in [5.41, 5.74) is 3.41. The van der Waals surface area contributed by atoms with Crippen molar-refractivity contribution in [1.82, 2.24) is 4.31 Å². The van der Waals surface area contributed by atoms with Crippen molar-refractivity contribution in [2.75, 3.05) is 6.61 Å². The lowest BCUT2D eigenvalue weighted by Gasteiger charge is -2.37. The molecule has 4 nitrogen and oxygen atoms in total. The summed E-state index contributed by atoms with van der Waals surface area (Å²) in [6.45, 7) is 5.17. The molecule has 0 aromatic heterocycles. The molecule has 1 aliphatic rings. The fourth-order valence-electron chi connectivity index (χ4n) is 3.61. The van der Waals surface area contributed by atoms with Gasteiger partial charge in [-0.15, -0.1) is 0 Å². The van der Waals surface area contributed by atoms with Gasteiger partial charge in [-0.05, 0) is 28.3 Å². The van der Waals surface area contributed by atoms with Crippen molar-refractivity contribution < 1.29 is 13.2 Å². The zero-order valence-corrected chi connectivity index (χ0v) is 16.9. The molecule has 0 amide bonds. The zero-order chi connectivity index (χ0) is 20.3. The van der Waals surface area contributed by atoms with Gasteiger partial charge in [0.1, 0.15) is 0 Å². The van der Waals surface area contributed by atoms with Gasteiger partial charge in [-0.25, -0.2) is 8.42 Å². The molecule has 0 bridgehead atoms. The monoisotopic (exact) mass is 405 g/mol. The van der Waals surface area contributed by atoms with E-state index in [1.807, 2.05) is 72.8 Å². The van der Waals surface area contributed by atoms with Crippen molar-refractivity contribution in [2.45, 2.75) is 24.1 Å². The van der Waals surface area contributed by atoms with Gasteiger partial charge >= 0.3 is 0 Å². The molecule has 0 N–H and O–H groups in total. The van der Waals surface area contributed by atoms with Crippen LogP contribution in [0.2, 0.25) is 0 Å². The molecule has 29 heavy (non-hydrogen) atoms. The van der Waals surface area contributed by atoms with Crippen LogP contribution in [0.15, 0.2) is 96.4 Å². The highest BCUT2D eigenvalue weighted by molar-refractivity contribution is 7.89. The Hall–Kier alpha value is -2.73. The Morgan fingerprint density at radius 3 is 2.10 bits per heavy atom. The molecule has 148 valence electrons. The lowest BCUT2D eigenvalue weighted by atomic mass is 9.99. The highest BCUT2D eigenvalue weighted by Gasteiger charge is 2.40. The van der Waals surface area contributed by atoms with E-state index < -0.39 is 16.1 Å². The molecule has 0 saturated heterocycles. The van der Waals surface area contributed by atoms with Crippen LogP contribution in [-0.4, -0.2) is 25.4 Å². The predicted octanol–water partition coefficient (Wildman–Crippen LogP) is 4.49. The molecule has 0 radical (unpaired) electrons. The molecule has 0 spiro atoms. The first-order valence-electron chi connectivity index (χ1n) is 9.53. The SMILES string of the molecule is C=C1c2ccccc2S(=O)(=O)N(Cc2ccccc2)[C@H]1COCc1ccccc1. The normalized spacial score (nSPS) is 18.3. The van der Waals surface area contributed by atoms with Gasteiger partial charge in [-0.1, -0.05) is 85.4 Å². The number of ether oxygens (including phenoxy) is 1. The van der Waals surface area contributed by atoms with Crippen LogP contribution in [-0.2, 0) is 27.9 Å². The van der Waals surface area contributed by atoms with Crippen molar-refractivity contribution >= 4 is 15.6 Å². The fourth-order valence-corrected chi connectivity index (χ4v) is 5.43. The molecule has 0 aliphatic carbocycles. The number of rotatable bonds is 6. The van der Waals surface area contributed by atoms with Crippen molar-refractivity contribution in [1.29, 1.82) is 0 Å². The predicted molar refractivity (Wildman–Crippen MR) is 115 cm³/mol. The minimum Gasteiger partial charge on any atom is -0.375 e. The molecule has 1 atom stereocenters. The largest absolute Gasteiger partial charge is 0.375 e. The molecule has 5 heteroatoms. The van der Waals surface area contributed by atoms with Crippen molar-refractivity contribution in [3.63, 3.8) is 0 Å². The van der Waals surface area contributed by atoms with Crippen LogP contribution in [0.1, 0.15) is 16.7 Å². The van der Waals surface area contributed by atoms with E-state index in [4.69, 9.17) is 4.74 Å². The van der Waals surface area contributed by atoms with Gasteiger partial charge in [-0.3, -0.25) is 0 Å². The first-order valence-corrected chi connectivity index (χ1v) is 11.0. The average Bonchev–Trinajstić information content (AvgIpc) is 2.76. The highest BCUT2D eigenvalue weighted by Crippen LogP contribution is 2.37. The molecule has 4 rings (SSSR count). The lowest BCUT2D eigenvalue weighted by molar-refractivity contribution is 0.0914. The van der Waals surface area contributed by atoms with Gasteiger partial charge < -0.3 is 4.74 Å². The zero-order valence-electron chi connectivity index (χ0n) is 16.1. The smallest absolute Gasteiger partial charge is 0.244 e. The molecule has 3 aromatic rings. The van der Waals surface area contributed by atoms with E-state index >= 15 is 0 Å². The van der Waals surface area contributed by atoms with Crippen LogP contribution >= 0.6 is 0 Å². The summed E-state index contributed by atoms with van der Waals surface area (Å²) in [6, 6.07) is 26.1. The van der Waals surface area contributed by atoms with E-state index in [0.29, 0.717) is 17.1 Å². The van der Waals surface area contributed by atoms with Crippen LogP contribution in [0.25, 0.3) is 5.57 Å². The van der Waals surface area contributed by atoms with Crippen LogP contribution in [0, 0.1) is 0 Å². The number of nitrogens with zero attached hydrogens (tertiary/aromatic N) is 1. The first kappa shape index (κ1) is 19.6. The summed E-state index contributed by atoms with van der Waals surface area (Å²) >= 11 is 0. The summed E-state index contributed by atoms with van der Waals surface area (Å²) in [5, 5.41) is 0. The third kappa shape index (κ3) is 4.03. The Morgan fingerprint density at radius 2 is 1.41 bits per heavy atom. The third-order valence-electron chi connectivity index (χ3n) is 5.14. The summed E-state index contributed by atoms with van der Waals surface area (Å²) in [6.07, 6.45) is 0. The van der Waals surface area contributed by atoms with Crippen molar-refractivity contribution in [3.05, 3.63) is 108 Å². The fraction of sp³-hybridized carbons (Fsp3) is 0.167. The number of sulfonamides is 1. The van der Waals surface area contributed by atoms with Crippen LogP contribution in [0.4, 0.5) is 0 Å².